The van der Waals surface area contributed by atoms with Gasteiger partial charge in [0, 0.05) is 19.1 Å². The van der Waals surface area contributed by atoms with Crippen molar-refractivity contribution in [3.63, 3.8) is 0 Å². The molecule has 0 aliphatic heterocycles. The van der Waals surface area contributed by atoms with Gasteiger partial charge in [-0.15, -0.1) is 0 Å². The molecular weight excluding hydrogens is 214 g/mol. The summed E-state index contributed by atoms with van der Waals surface area (Å²) in [4.78, 5) is 0. The molecule has 0 aliphatic rings. The van der Waals surface area contributed by atoms with Crippen LogP contribution >= 0.6 is 0 Å². The van der Waals surface area contributed by atoms with Gasteiger partial charge in [-0.1, -0.05) is 12.2 Å². The van der Waals surface area contributed by atoms with Crippen LogP contribution in [-0.4, -0.2) is 29.0 Å². The maximum Gasteiger partial charge on any atom is 0.218 e. The molecule has 4 nitrogen and oxygen atoms in total. The minimum Gasteiger partial charge on any atom is -0.481 e. The van der Waals surface area contributed by atoms with E-state index in [0.717, 1.165) is 23.7 Å². The highest BCUT2D eigenvalue weighted by molar-refractivity contribution is 5.57. The van der Waals surface area contributed by atoms with Gasteiger partial charge in [0.05, 0.1) is 18.4 Å². The Morgan fingerprint density at radius 2 is 2.06 bits per heavy atom. The summed E-state index contributed by atoms with van der Waals surface area (Å²) in [5.74, 6) is 0.800. The molecule has 0 amide bonds. The molecule has 1 aromatic rings. The quantitative estimate of drug-likeness (QED) is 0.872. The van der Waals surface area contributed by atoms with Crippen LogP contribution in [-0.2, 0) is 7.05 Å². The van der Waals surface area contributed by atoms with Crippen molar-refractivity contribution in [3.8, 4) is 5.88 Å². The molecule has 0 aromatic carbocycles. The first-order valence-electron chi connectivity index (χ1n) is 5.84. The fourth-order valence-electron chi connectivity index (χ4n) is 1.63. The first kappa shape index (κ1) is 13.8. The Morgan fingerprint density at radius 3 is 2.59 bits per heavy atom. The van der Waals surface area contributed by atoms with Crippen LogP contribution in [0.5, 0.6) is 5.88 Å². The standard InChI is InChI=1S/C13H23N3O/c1-10-11(12(17-6)16(5)15-10)8-7-9-14-13(2,3)4/h7-8,14H,9H2,1-6H3/b8-7+. The van der Waals surface area contributed by atoms with Crippen LogP contribution in [0.1, 0.15) is 32.0 Å². The van der Waals surface area contributed by atoms with E-state index in [0.29, 0.717) is 0 Å². The van der Waals surface area contributed by atoms with Crippen LogP contribution in [0.3, 0.4) is 0 Å². The molecule has 0 bridgehead atoms. The van der Waals surface area contributed by atoms with E-state index in [1.807, 2.05) is 14.0 Å². The lowest BCUT2D eigenvalue weighted by molar-refractivity contribution is 0.372. The summed E-state index contributed by atoms with van der Waals surface area (Å²) in [5, 5.41) is 7.73. The highest BCUT2D eigenvalue weighted by Crippen LogP contribution is 2.22. The molecule has 0 unspecified atom stereocenters. The molecule has 1 heterocycles. The number of hydrogen-bond acceptors (Lipinski definition) is 3. The molecule has 0 spiro atoms. The Kier molecular flexibility index (Phi) is 4.34. The Hall–Kier alpha value is -1.29. The van der Waals surface area contributed by atoms with Crippen LogP contribution in [0.4, 0.5) is 0 Å². The highest BCUT2D eigenvalue weighted by atomic mass is 16.5. The number of aryl methyl sites for hydroxylation is 2. The second-order valence-electron chi connectivity index (χ2n) is 5.17. The zero-order valence-electron chi connectivity index (χ0n) is 11.7. The van der Waals surface area contributed by atoms with E-state index in [4.69, 9.17) is 4.74 Å². The van der Waals surface area contributed by atoms with Gasteiger partial charge >= 0.3 is 0 Å². The summed E-state index contributed by atoms with van der Waals surface area (Å²) >= 11 is 0. The van der Waals surface area contributed by atoms with E-state index in [9.17, 15) is 0 Å². The minimum absolute atomic E-state index is 0.137. The molecule has 0 saturated heterocycles. The van der Waals surface area contributed by atoms with Crippen molar-refractivity contribution in [2.45, 2.75) is 33.2 Å². The monoisotopic (exact) mass is 237 g/mol. The van der Waals surface area contributed by atoms with Gasteiger partial charge in [0.15, 0.2) is 0 Å². The van der Waals surface area contributed by atoms with Crippen molar-refractivity contribution < 1.29 is 4.74 Å². The predicted molar refractivity (Wildman–Crippen MR) is 71.3 cm³/mol. The second-order valence-corrected chi connectivity index (χ2v) is 5.17. The summed E-state index contributed by atoms with van der Waals surface area (Å²) < 4.78 is 7.08. The third kappa shape index (κ3) is 3.89. The number of aromatic nitrogens is 2. The molecule has 0 atom stereocenters. The molecule has 1 aromatic heterocycles. The fraction of sp³-hybridized carbons (Fsp3) is 0.615. The van der Waals surface area contributed by atoms with Crippen LogP contribution < -0.4 is 10.1 Å². The SMILES string of the molecule is COc1c(/C=C/CNC(C)(C)C)c(C)nn1C. The highest BCUT2D eigenvalue weighted by Gasteiger charge is 2.10. The molecule has 0 radical (unpaired) electrons. The van der Waals surface area contributed by atoms with Crippen LogP contribution in [0.15, 0.2) is 6.08 Å². The second kappa shape index (κ2) is 5.36. The predicted octanol–water partition coefficient (Wildman–Crippen LogP) is 2.14. The summed E-state index contributed by atoms with van der Waals surface area (Å²) in [5.41, 5.74) is 2.17. The molecule has 0 fully saturated rings. The van der Waals surface area contributed by atoms with Gasteiger partial charge in [-0.25, -0.2) is 4.68 Å². The molecule has 4 heteroatoms. The molecule has 1 N–H and O–H groups in total. The lowest BCUT2D eigenvalue weighted by atomic mass is 10.1. The summed E-state index contributed by atoms with van der Waals surface area (Å²) in [6.07, 6.45) is 4.15. The number of nitrogens with one attached hydrogen (secondary N) is 1. The van der Waals surface area contributed by atoms with Crippen molar-refractivity contribution in [2.75, 3.05) is 13.7 Å². The number of methoxy groups -OCH3 is 1. The molecule has 17 heavy (non-hydrogen) atoms. The summed E-state index contributed by atoms with van der Waals surface area (Å²) in [7, 11) is 3.55. The summed E-state index contributed by atoms with van der Waals surface area (Å²) in [6.45, 7) is 9.27. The molecular formula is C13H23N3O. The Bertz CT molecular complexity index is 400. The van der Waals surface area contributed by atoms with Gasteiger partial charge in [-0.05, 0) is 27.7 Å². The maximum atomic E-state index is 5.32. The zero-order chi connectivity index (χ0) is 13.1. The van der Waals surface area contributed by atoms with Crippen molar-refractivity contribution in [1.29, 1.82) is 0 Å². The third-order valence-electron chi connectivity index (χ3n) is 2.44. The Balaban J connectivity index is 2.71. The summed E-state index contributed by atoms with van der Waals surface area (Å²) in [6, 6.07) is 0. The average Bonchev–Trinajstić information content (AvgIpc) is 2.46. The largest absolute Gasteiger partial charge is 0.481 e. The number of nitrogens with zero attached hydrogens (tertiary/aromatic N) is 2. The smallest absolute Gasteiger partial charge is 0.218 e. The van der Waals surface area contributed by atoms with Gasteiger partial charge in [-0.2, -0.15) is 5.10 Å². The Morgan fingerprint density at radius 1 is 1.41 bits per heavy atom. The third-order valence-corrected chi connectivity index (χ3v) is 2.44. The van der Waals surface area contributed by atoms with Gasteiger partial charge in [0.25, 0.3) is 0 Å². The van der Waals surface area contributed by atoms with E-state index in [1.54, 1.807) is 11.8 Å². The van der Waals surface area contributed by atoms with E-state index in [-0.39, 0.29) is 5.54 Å². The topological polar surface area (TPSA) is 39.1 Å². The van der Waals surface area contributed by atoms with Gasteiger partial charge in [0.1, 0.15) is 0 Å². The first-order chi connectivity index (χ1) is 7.85. The van der Waals surface area contributed by atoms with Crippen molar-refractivity contribution in [3.05, 3.63) is 17.3 Å². The number of ether oxygens (including phenoxy) is 1. The average molecular weight is 237 g/mol. The minimum atomic E-state index is 0.137. The lowest BCUT2D eigenvalue weighted by Crippen LogP contribution is -2.35. The van der Waals surface area contributed by atoms with E-state index in [1.165, 1.54) is 0 Å². The zero-order valence-corrected chi connectivity index (χ0v) is 11.7. The molecule has 0 aliphatic carbocycles. The van der Waals surface area contributed by atoms with Crippen LogP contribution in [0.2, 0.25) is 0 Å². The van der Waals surface area contributed by atoms with Crippen LogP contribution in [0, 0.1) is 6.92 Å². The Labute approximate surface area is 104 Å². The number of hydrogen-bond donors (Lipinski definition) is 1. The van der Waals surface area contributed by atoms with Gasteiger partial charge in [-0.3, -0.25) is 0 Å². The van der Waals surface area contributed by atoms with Gasteiger partial charge in [0.2, 0.25) is 5.88 Å². The lowest BCUT2D eigenvalue weighted by Gasteiger charge is -2.18. The fourth-order valence-corrected chi connectivity index (χ4v) is 1.63. The molecule has 96 valence electrons. The van der Waals surface area contributed by atoms with E-state index >= 15 is 0 Å². The molecule has 0 saturated carbocycles. The van der Waals surface area contributed by atoms with E-state index in [2.05, 4.69) is 43.3 Å². The van der Waals surface area contributed by atoms with Crippen LogP contribution in [0.25, 0.3) is 6.08 Å². The first-order valence-corrected chi connectivity index (χ1v) is 5.84. The van der Waals surface area contributed by atoms with Crippen molar-refractivity contribution >= 4 is 6.08 Å². The molecule has 1 rings (SSSR count). The van der Waals surface area contributed by atoms with Gasteiger partial charge < -0.3 is 10.1 Å². The number of rotatable bonds is 4. The maximum absolute atomic E-state index is 5.32. The van der Waals surface area contributed by atoms with E-state index < -0.39 is 0 Å². The van der Waals surface area contributed by atoms with Crippen molar-refractivity contribution in [2.24, 2.45) is 7.05 Å². The van der Waals surface area contributed by atoms with Crippen molar-refractivity contribution in [1.82, 2.24) is 15.1 Å². The normalized spacial score (nSPS) is 12.4.